The second kappa shape index (κ2) is 5.49. The van der Waals surface area contributed by atoms with Crippen molar-refractivity contribution in [1.29, 1.82) is 0 Å². The van der Waals surface area contributed by atoms with Gasteiger partial charge in [-0.15, -0.1) is 0 Å². The van der Waals surface area contributed by atoms with Crippen LogP contribution in [0.3, 0.4) is 0 Å². The highest BCUT2D eigenvalue weighted by atomic mass is 16.6. The Morgan fingerprint density at radius 1 is 1.18 bits per heavy atom. The van der Waals surface area contributed by atoms with Crippen molar-refractivity contribution in [3.8, 4) is 0 Å². The summed E-state index contributed by atoms with van der Waals surface area (Å²) in [7, 11) is 0. The van der Waals surface area contributed by atoms with E-state index in [0.29, 0.717) is 24.2 Å². The van der Waals surface area contributed by atoms with Gasteiger partial charge in [-0.05, 0) is 44.4 Å². The predicted molar refractivity (Wildman–Crippen MR) is 65.5 cm³/mol. The fraction of sp³-hybridized carbons (Fsp3) is 0.929. The Balaban J connectivity index is 1.80. The number of rotatable bonds is 3. The molecule has 0 amide bonds. The zero-order valence-electron chi connectivity index (χ0n) is 10.8. The SMILES string of the molecule is CCOC1(O)CCC(C2CCC(=O)CC2)CC1. The maximum atomic E-state index is 11.2. The van der Waals surface area contributed by atoms with E-state index < -0.39 is 5.79 Å². The standard InChI is InChI=1S/C14H24O3/c1-2-17-14(16)9-7-12(8-10-14)11-3-5-13(15)6-4-11/h11-12,16H,2-10H2,1H3. The highest BCUT2D eigenvalue weighted by Crippen LogP contribution is 2.41. The Hall–Kier alpha value is -0.410. The number of carbonyl (C=O) groups is 1. The van der Waals surface area contributed by atoms with Crippen LogP contribution in [0.15, 0.2) is 0 Å². The summed E-state index contributed by atoms with van der Waals surface area (Å²) in [5.41, 5.74) is 0. The topological polar surface area (TPSA) is 46.5 Å². The molecule has 0 unspecified atom stereocenters. The predicted octanol–water partition coefficient (Wildman–Crippen LogP) is 2.66. The number of hydrogen-bond donors (Lipinski definition) is 1. The molecule has 0 bridgehead atoms. The molecular weight excluding hydrogens is 216 g/mol. The first-order valence-corrected chi connectivity index (χ1v) is 7.01. The summed E-state index contributed by atoms with van der Waals surface area (Å²) in [6, 6.07) is 0. The minimum absolute atomic E-state index is 0.433. The van der Waals surface area contributed by atoms with Gasteiger partial charge in [-0.3, -0.25) is 4.79 Å². The summed E-state index contributed by atoms with van der Waals surface area (Å²) in [6.07, 6.45) is 7.30. The Kier molecular flexibility index (Phi) is 4.21. The van der Waals surface area contributed by atoms with Crippen molar-refractivity contribution in [3.63, 3.8) is 0 Å². The molecule has 2 saturated carbocycles. The molecule has 0 atom stereocenters. The van der Waals surface area contributed by atoms with E-state index in [1.165, 1.54) is 0 Å². The van der Waals surface area contributed by atoms with Crippen LogP contribution >= 0.6 is 0 Å². The largest absolute Gasteiger partial charge is 0.365 e. The third kappa shape index (κ3) is 3.29. The molecule has 98 valence electrons. The summed E-state index contributed by atoms with van der Waals surface area (Å²) < 4.78 is 5.42. The van der Waals surface area contributed by atoms with Gasteiger partial charge in [-0.1, -0.05) is 0 Å². The quantitative estimate of drug-likeness (QED) is 0.771. The molecule has 0 spiro atoms. The molecule has 0 aliphatic heterocycles. The van der Waals surface area contributed by atoms with Gasteiger partial charge < -0.3 is 9.84 Å². The molecule has 2 rings (SSSR count). The summed E-state index contributed by atoms with van der Waals surface area (Å²) >= 11 is 0. The van der Waals surface area contributed by atoms with Crippen LogP contribution < -0.4 is 0 Å². The average Bonchev–Trinajstić information content (AvgIpc) is 2.31. The number of carbonyl (C=O) groups excluding carboxylic acids is 1. The first-order valence-electron chi connectivity index (χ1n) is 7.01. The molecule has 2 aliphatic carbocycles. The minimum atomic E-state index is -0.865. The van der Waals surface area contributed by atoms with Gasteiger partial charge in [0.15, 0.2) is 5.79 Å². The van der Waals surface area contributed by atoms with Gasteiger partial charge >= 0.3 is 0 Å². The van der Waals surface area contributed by atoms with Gasteiger partial charge in [0.1, 0.15) is 5.78 Å². The van der Waals surface area contributed by atoms with E-state index in [0.717, 1.165) is 51.4 Å². The normalized spacial score (nSPS) is 36.1. The monoisotopic (exact) mass is 240 g/mol. The molecule has 0 heterocycles. The van der Waals surface area contributed by atoms with E-state index in [-0.39, 0.29) is 0 Å². The summed E-state index contributed by atoms with van der Waals surface area (Å²) in [4.78, 5) is 11.2. The summed E-state index contributed by atoms with van der Waals surface area (Å²) in [6.45, 7) is 2.51. The van der Waals surface area contributed by atoms with Crippen molar-refractivity contribution < 1.29 is 14.6 Å². The molecule has 0 aromatic heterocycles. The molecule has 2 fully saturated rings. The number of hydrogen-bond acceptors (Lipinski definition) is 3. The fourth-order valence-electron chi connectivity index (χ4n) is 3.41. The van der Waals surface area contributed by atoms with Crippen LogP contribution in [0, 0.1) is 11.8 Å². The summed E-state index contributed by atoms with van der Waals surface area (Å²) in [5.74, 6) is 0.973. The molecule has 1 N–H and O–H groups in total. The fourth-order valence-corrected chi connectivity index (χ4v) is 3.41. The van der Waals surface area contributed by atoms with Crippen LogP contribution in [0.25, 0.3) is 0 Å². The van der Waals surface area contributed by atoms with Crippen LogP contribution in [0.5, 0.6) is 0 Å². The average molecular weight is 240 g/mol. The third-order valence-corrected chi connectivity index (χ3v) is 4.48. The lowest BCUT2D eigenvalue weighted by Crippen LogP contribution is -2.39. The number of aliphatic hydroxyl groups is 1. The maximum absolute atomic E-state index is 11.2. The van der Waals surface area contributed by atoms with E-state index in [4.69, 9.17) is 4.74 Å². The molecule has 17 heavy (non-hydrogen) atoms. The molecule has 0 saturated heterocycles. The Morgan fingerprint density at radius 3 is 2.24 bits per heavy atom. The van der Waals surface area contributed by atoms with Crippen molar-refractivity contribution in [2.24, 2.45) is 11.8 Å². The molecule has 0 radical (unpaired) electrons. The van der Waals surface area contributed by atoms with Crippen molar-refractivity contribution in [1.82, 2.24) is 0 Å². The number of Topliss-reactive ketones (excluding diaryl/α,β-unsaturated/α-hetero) is 1. The second-order valence-corrected chi connectivity index (χ2v) is 5.59. The smallest absolute Gasteiger partial charge is 0.165 e. The van der Waals surface area contributed by atoms with Gasteiger partial charge in [-0.25, -0.2) is 0 Å². The van der Waals surface area contributed by atoms with Gasteiger partial charge in [0.05, 0.1) is 0 Å². The van der Waals surface area contributed by atoms with Gasteiger partial charge in [0.2, 0.25) is 0 Å². The van der Waals surface area contributed by atoms with E-state index in [2.05, 4.69) is 0 Å². The van der Waals surface area contributed by atoms with Crippen molar-refractivity contribution in [2.75, 3.05) is 6.61 Å². The highest BCUT2D eigenvalue weighted by molar-refractivity contribution is 5.79. The zero-order chi connectivity index (χ0) is 12.3. The van der Waals surface area contributed by atoms with Crippen molar-refractivity contribution in [3.05, 3.63) is 0 Å². The van der Waals surface area contributed by atoms with Crippen LogP contribution in [0.2, 0.25) is 0 Å². The van der Waals surface area contributed by atoms with Gasteiger partial charge in [0.25, 0.3) is 0 Å². The van der Waals surface area contributed by atoms with Crippen LogP contribution in [-0.4, -0.2) is 23.3 Å². The van der Waals surface area contributed by atoms with E-state index in [1.54, 1.807) is 0 Å². The van der Waals surface area contributed by atoms with Crippen LogP contribution in [0.1, 0.15) is 58.3 Å². The van der Waals surface area contributed by atoms with Crippen molar-refractivity contribution in [2.45, 2.75) is 64.1 Å². The van der Waals surface area contributed by atoms with Crippen LogP contribution in [-0.2, 0) is 9.53 Å². The maximum Gasteiger partial charge on any atom is 0.165 e. The minimum Gasteiger partial charge on any atom is -0.365 e. The third-order valence-electron chi connectivity index (χ3n) is 4.48. The molecule has 3 nitrogen and oxygen atoms in total. The highest BCUT2D eigenvalue weighted by Gasteiger charge is 2.37. The molecule has 0 aromatic rings. The van der Waals surface area contributed by atoms with Gasteiger partial charge in [0, 0.05) is 32.3 Å². The van der Waals surface area contributed by atoms with E-state index in [1.807, 2.05) is 6.92 Å². The Morgan fingerprint density at radius 2 is 1.71 bits per heavy atom. The Labute approximate surface area is 104 Å². The van der Waals surface area contributed by atoms with E-state index >= 15 is 0 Å². The molecule has 2 aliphatic rings. The lowest BCUT2D eigenvalue weighted by molar-refractivity contribution is -0.224. The first kappa shape index (κ1) is 13.0. The Bertz CT molecular complexity index is 257. The first-order chi connectivity index (χ1) is 8.13. The molecule has 3 heteroatoms. The number of ether oxygens (including phenoxy) is 1. The van der Waals surface area contributed by atoms with Gasteiger partial charge in [-0.2, -0.15) is 0 Å². The summed E-state index contributed by atoms with van der Waals surface area (Å²) in [5, 5.41) is 10.2. The molecule has 0 aromatic carbocycles. The van der Waals surface area contributed by atoms with Crippen molar-refractivity contribution >= 4 is 5.78 Å². The molecular formula is C14H24O3. The second-order valence-electron chi connectivity index (χ2n) is 5.59. The number of ketones is 1. The van der Waals surface area contributed by atoms with Crippen LogP contribution in [0.4, 0.5) is 0 Å². The lowest BCUT2D eigenvalue weighted by atomic mass is 9.72. The lowest BCUT2D eigenvalue weighted by Gasteiger charge is -2.39. The van der Waals surface area contributed by atoms with E-state index in [9.17, 15) is 9.90 Å². The zero-order valence-corrected chi connectivity index (χ0v) is 10.8.